The molecule has 1 aromatic carbocycles. The summed E-state index contributed by atoms with van der Waals surface area (Å²) in [5.74, 6) is -0.811. The Morgan fingerprint density at radius 3 is 2.67 bits per heavy atom. The smallest absolute Gasteiger partial charge is 0.341 e. The van der Waals surface area contributed by atoms with Gasteiger partial charge < -0.3 is 15.2 Å². The molecule has 1 heterocycles. The number of carboxylic acid groups (broad SMARTS) is 1. The summed E-state index contributed by atoms with van der Waals surface area (Å²) in [4.78, 5) is 22.4. The molecule has 7 heteroatoms. The van der Waals surface area contributed by atoms with Gasteiger partial charge in [0.15, 0.2) is 6.61 Å². The van der Waals surface area contributed by atoms with Crippen molar-refractivity contribution in [3.63, 3.8) is 0 Å². The molecular formula is C14H15N3O4. The van der Waals surface area contributed by atoms with Crippen molar-refractivity contribution in [3.8, 4) is 5.75 Å². The Bertz CT molecular complexity index is 608. The van der Waals surface area contributed by atoms with E-state index in [9.17, 15) is 9.59 Å². The van der Waals surface area contributed by atoms with Crippen LogP contribution in [-0.4, -0.2) is 33.4 Å². The number of nitrogens with one attached hydrogen (secondary N) is 1. The van der Waals surface area contributed by atoms with Crippen LogP contribution < -0.4 is 10.1 Å². The Hall–Kier alpha value is -2.83. The van der Waals surface area contributed by atoms with Crippen LogP contribution >= 0.6 is 0 Å². The van der Waals surface area contributed by atoms with Gasteiger partial charge in [0.2, 0.25) is 5.91 Å². The molecule has 110 valence electrons. The number of hydrogen-bond acceptors (Lipinski definition) is 4. The van der Waals surface area contributed by atoms with Crippen molar-refractivity contribution in [2.24, 2.45) is 0 Å². The van der Waals surface area contributed by atoms with Crippen molar-refractivity contribution in [2.75, 3.05) is 11.9 Å². The molecule has 1 unspecified atom stereocenters. The van der Waals surface area contributed by atoms with Gasteiger partial charge >= 0.3 is 5.97 Å². The number of nitrogens with zero attached hydrogens (tertiary/aromatic N) is 2. The predicted molar refractivity (Wildman–Crippen MR) is 75.1 cm³/mol. The zero-order valence-corrected chi connectivity index (χ0v) is 11.4. The van der Waals surface area contributed by atoms with E-state index in [1.54, 1.807) is 54.3 Å². The number of carbonyl (C=O) groups excluding carboxylic acids is 1. The molecule has 0 aliphatic rings. The lowest BCUT2D eigenvalue weighted by Gasteiger charge is -2.13. The normalized spacial score (nSPS) is 11.7. The summed E-state index contributed by atoms with van der Waals surface area (Å²) >= 11 is 0. The van der Waals surface area contributed by atoms with Gasteiger partial charge in [-0.15, -0.1) is 0 Å². The Balaban J connectivity index is 1.93. The van der Waals surface area contributed by atoms with Crippen LogP contribution in [0.1, 0.15) is 13.0 Å². The maximum absolute atomic E-state index is 12.0. The topological polar surface area (TPSA) is 93.5 Å². The SMILES string of the molecule is CC(C(=O)Nc1ccc(OCC(=O)O)cc1)n1cccn1. The lowest BCUT2D eigenvalue weighted by Crippen LogP contribution is -2.23. The summed E-state index contributed by atoms with van der Waals surface area (Å²) in [5, 5.41) is 15.3. The van der Waals surface area contributed by atoms with Crippen LogP contribution in [0.3, 0.4) is 0 Å². The number of hydrogen-bond donors (Lipinski definition) is 2. The van der Waals surface area contributed by atoms with Crippen LogP contribution in [-0.2, 0) is 9.59 Å². The Morgan fingerprint density at radius 1 is 1.38 bits per heavy atom. The van der Waals surface area contributed by atoms with Gasteiger partial charge in [-0.05, 0) is 37.3 Å². The highest BCUT2D eigenvalue weighted by atomic mass is 16.5. The van der Waals surface area contributed by atoms with Crippen LogP contribution in [0.15, 0.2) is 42.7 Å². The summed E-state index contributed by atoms with van der Waals surface area (Å²) in [7, 11) is 0. The molecule has 7 nitrogen and oxygen atoms in total. The molecule has 0 radical (unpaired) electrons. The Morgan fingerprint density at radius 2 is 2.10 bits per heavy atom. The highest BCUT2D eigenvalue weighted by Gasteiger charge is 2.14. The highest BCUT2D eigenvalue weighted by Crippen LogP contribution is 2.17. The van der Waals surface area contributed by atoms with E-state index in [0.717, 1.165) is 0 Å². The number of benzene rings is 1. The highest BCUT2D eigenvalue weighted by molar-refractivity contribution is 5.93. The van der Waals surface area contributed by atoms with E-state index >= 15 is 0 Å². The van der Waals surface area contributed by atoms with E-state index in [1.165, 1.54) is 0 Å². The van der Waals surface area contributed by atoms with Crippen molar-refractivity contribution in [2.45, 2.75) is 13.0 Å². The minimum Gasteiger partial charge on any atom is -0.482 e. The molecule has 1 amide bonds. The monoisotopic (exact) mass is 289 g/mol. The third kappa shape index (κ3) is 4.07. The second kappa shape index (κ2) is 6.56. The summed E-state index contributed by atoms with van der Waals surface area (Å²) in [5.41, 5.74) is 0.599. The number of ether oxygens (including phenoxy) is 1. The summed E-state index contributed by atoms with van der Waals surface area (Å²) in [6.07, 6.45) is 3.32. The van der Waals surface area contributed by atoms with Gasteiger partial charge in [-0.25, -0.2) is 4.79 Å². The average molecular weight is 289 g/mol. The van der Waals surface area contributed by atoms with Crippen molar-refractivity contribution < 1.29 is 19.4 Å². The van der Waals surface area contributed by atoms with Gasteiger partial charge in [0.05, 0.1) is 0 Å². The van der Waals surface area contributed by atoms with Crippen molar-refractivity contribution >= 4 is 17.6 Å². The van der Waals surface area contributed by atoms with Crippen molar-refractivity contribution in [1.29, 1.82) is 0 Å². The first-order valence-corrected chi connectivity index (χ1v) is 6.31. The molecule has 2 N–H and O–H groups in total. The number of aromatic nitrogens is 2. The molecular weight excluding hydrogens is 274 g/mol. The first-order valence-electron chi connectivity index (χ1n) is 6.31. The average Bonchev–Trinajstić information content (AvgIpc) is 2.99. The molecule has 0 bridgehead atoms. The number of anilines is 1. The first-order chi connectivity index (χ1) is 10.1. The Kier molecular flexibility index (Phi) is 4.55. The summed E-state index contributed by atoms with van der Waals surface area (Å²) < 4.78 is 6.56. The minimum absolute atomic E-state index is 0.196. The zero-order chi connectivity index (χ0) is 15.2. The first kappa shape index (κ1) is 14.6. The quantitative estimate of drug-likeness (QED) is 0.841. The van der Waals surface area contributed by atoms with Crippen molar-refractivity contribution in [3.05, 3.63) is 42.7 Å². The van der Waals surface area contributed by atoms with Gasteiger partial charge in [-0.2, -0.15) is 5.10 Å². The van der Waals surface area contributed by atoms with Gasteiger partial charge in [0, 0.05) is 18.1 Å². The predicted octanol–water partition coefficient (Wildman–Crippen LogP) is 1.55. The van der Waals surface area contributed by atoms with E-state index < -0.39 is 18.6 Å². The molecule has 2 rings (SSSR count). The number of aliphatic carboxylic acids is 1. The third-order valence-electron chi connectivity index (χ3n) is 2.79. The van der Waals surface area contributed by atoms with E-state index in [4.69, 9.17) is 9.84 Å². The molecule has 0 aliphatic heterocycles. The Labute approximate surface area is 121 Å². The molecule has 0 saturated heterocycles. The zero-order valence-electron chi connectivity index (χ0n) is 11.4. The number of carboxylic acids is 1. The van der Waals surface area contributed by atoms with Gasteiger partial charge in [0.1, 0.15) is 11.8 Å². The molecule has 0 fully saturated rings. The fraction of sp³-hybridized carbons (Fsp3) is 0.214. The maximum atomic E-state index is 12.0. The fourth-order valence-electron chi connectivity index (χ4n) is 1.66. The van der Waals surface area contributed by atoms with Crippen LogP contribution in [0.5, 0.6) is 5.75 Å². The number of amides is 1. The van der Waals surface area contributed by atoms with Crippen LogP contribution in [0.25, 0.3) is 0 Å². The van der Waals surface area contributed by atoms with Crippen molar-refractivity contribution in [1.82, 2.24) is 9.78 Å². The van der Waals surface area contributed by atoms with E-state index in [1.807, 2.05) is 0 Å². The van der Waals surface area contributed by atoms with Crippen LogP contribution in [0.2, 0.25) is 0 Å². The molecule has 21 heavy (non-hydrogen) atoms. The van der Waals surface area contributed by atoms with E-state index in [2.05, 4.69) is 10.4 Å². The molecule has 1 aromatic heterocycles. The minimum atomic E-state index is -1.04. The molecule has 0 aliphatic carbocycles. The van der Waals surface area contributed by atoms with E-state index in [-0.39, 0.29) is 5.91 Å². The summed E-state index contributed by atoms with van der Waals surface area (Å²) in [6.45, 7) is 1.34. The third-order valence-corrected chi connectivity index (χ3v) is 2.79. The van der Waals surface area contributed by atoms with Crippen LogP contribution in [0.4, 0.5) is 5.69 Å². The summed E-state index contributed by atoms with van der Waals surface area (Å²) in [6, 6.07) is 7.80. The second-order valence-electron chi connectivity index (χ2n) is 4.36. The number of rotatable bonds is 6. The second-order valence-corrected chi connectivity index (χ2v) is 4.36. The van der Waals surface area contributed by atoms with Gasteiger partial charge in [-0.1, -0.05) is 0 Å². The lowest BCUT2D eigenvalue weighted by molar-refractivity contribution is -0.139. The van der Waals surface area contributed by atoms with E-state index in [0.29, 0.717) is 11.4 Å². The van der Waals surface area contributed by atoms with Gasteiger partial charge in [-0.3, -0.25) is 9.48 Å². The fourth-order valence-corrected chi connectivity index (χ4v) is 1.66. The van der Waals surface area contributed by atoms with Crippen LogP contribution in [0, 0.1) is 0 Å². The lowest BCUT2D eigenvalue weighted by atomic mass is 10.2. The molecule has 2 aromatic rings. The van der Waals surface area contributed by atoms with Gasteiger partial charge in [0.25, 0.3) is 0 Å². The molecule has 0 saturated carbocycles. The molecule has 0 spiro atoms. The largest absolute Gasteiger partial charge is 0.482 e. The number of carbonyl (C=O) groups is 2. The molecule has 1 atom stereocenters. The standard InChI is InChI=1S/C14H15N3O4/c1-10(17-8-2-7-15-17)14(20)16-11-3-5-12(6-4-11)21-9-13(18)19/h2-8,10H,9H2,1H3,(H,16,20)(H,18,19). The maximum Gasteiger partial charge on any atom is 0.341 e.